The van der Waals surface area contributed by atoms with Gasteiger partial charge < -0.3 is 5.11 Å². The number of nitro benzene ring substituents is 1. The van der Waals surface area contributed by atoms with Crippen LogP contribution in [0, 0.1) is 10.1 Å². The first-order chi connectivity index (χ1) is 9.61. The van der Waals surface area contributed by atoms with Gasteiger partial charge in [-0.05, 0) is 30.9 Å². The van der Waals surface area contributed by atoms with Crippen LogP contribution in [0.25, 0.3) is 0 Å². The number of non-ortho nitro benzene ring substituents is 1. The van der Waals surface area contributed by atoms with Crippen molar-refractivity contribution < 1.29 is 10.0 Å². The van der Waals surface area contributed by atoms with Crippen molar-refractivity contribution in [3.05, 3.63) is 38.3 Å². The van der Waals surface area contributed by atoms with Crippen LogP contribution in [-0.2, 0) is 6.54 Å². The predicted octanol–water partition coefficient (Wildman–Crippen LogP) is 3.09. The molecule has 0 atom stereocenters. The zero-order valence-corrected chi connectivity index (χ0v) is 12.9. The summed E-state index contributed by atoms with van der Waals surface area (Å²) in [7, 11) is 0. The lowest BCUT2D eigenvalue weighted by atomic mass is 9.91. The lowest BCUT2D eigenvalue weighted by molar-refractivity contribution is -0.384. The monoisotopic (exact) mass is 342 g/mol. The Balaban J connectivity index is 2.07. The zero-order chi connectivity index (χ0) is 14.5. The molecule has 1 N–H and O–H groups in total. The number of hydrogen-bond acceptors (Lipinski definition) is 4. The predicted molar refractivity (Wildman–Crippen MR) is 80.5 cm³/mol. The molecule has 0 bridgehead atoms. The van der Waals surface area contributed by atoms with Crippen LogP contribution < -0.4 is 0 Å². The Bertz CT molecular complexity index is 477. The van der Waals surface area contributed by atoms with Crippen LogP contribution in [0.1, 0.15) is 31.2 Å². The molecule has 0 aliphatic heterocycles. The van der Waals surface area contributed by atoms with Gasteiger partial charge in [0, 0.05) is 42.3 Å². The van der Waals surface area contributed by atoms with Gasteiger partial charge in [-0.25, -0.2) is 0 Å². The Hall–Kier alpha value is -0.980. The summed E-state index contributed by atoms with van der Waals surface area (Å²) in [6, 6.07) is 5.50. The Morgan fingerprint density at radius 2 is 2.20 bits per heavy atom. The first-order valence-electron chi connectivity index (χ1n) is 6.89. The minimum Gasteiger partial charge on any atom is -0.396 e. The van der Waals surface area contributed by atoms with Gasteiger partial charge >= 0.3 is 0 Å². The normalized spacial score (nSPS) is 15.3. The molecule has 1 aromatic carbocycles. The maximum atomic E-state index is 10.7. The molecule has 0 radical (unpaired) electrons. The van der Waals surface area contributed by atoms with Crippen LogP contribution >= 0.6 is 15.9 Å². The van der Waals surface area contributed by atoms with Gasteiger partial charge in [-0.3, -0.25) is 15.0 Å². The van der Waals surface area contributed by atoms with Crippen LogP contribution in [0.3, 0.4) is 0 Å². The number of nitro groups is 1. The van der Waals surface area contributed by atoms with E-state index in [4.69, 9.17) is 5.11 Å². The van der Waals surface area contributed by atoms with Crippen LogP contribution in [0.5, 0.6) is 0 Å². The lowest BCUT2D eigenvalue weighted by Gasteiger charge is -2.37. The Labute approximate surface area is 126 Å². The summed E-state index contributed by atoms with van der Waals surface area (Å²) in [6.45, 7) is 1.83. The number of aliphatic hydroxyl groups is 1. The van der Waals surface area contributed by atoms with Gasteiger partial charge in [0.1, 0.15) is 0 Å². The van der Waals surface area contributed by atoms with E-state index in [1.165, 1.54) is 19.3 Å². The van der Waals surface area contributed by atoms with E-state index in [1.54, 1.807) is 12.1 Å². The smallest absolute Gasteiger partial charge is 0.270 e. The van der Waals surface area contributed by atoms with Crippen molar-refractivity contribution in [3.8, 4) is 0 Å². The summed E-state index contributed by atoms with van der Waals surface area (Å²) in [6.07, 6.45) is 4.44. The maximum absolute atomic E-state index is 10.7. The highest BCUT2D eigenvalue weighted by atomic mass is 79.9. The second-order valence-electron chi connectivity index (χ2n) is 5.17. The second-order valence-corrected chi connectivity index (χ2v) is 6.02. The molecule has 20 heavy (non-hydrogen) atoms. The molecule has 1 aliphatic rings. The summed E-state index contributed by atoms with van der Waals surface area (Å²) in [4.78, 5) is 12.7. The van der Waals surface area contributed by atoms with Crippen molar-refractivity contribution in [2.24, 2.45) is 0 Å². The fourth-order valence-corrected chi connectivity index (χ4v) is 2.91. The summed E-state index contributed by atoms with van der Waals surface area (Å²) in [5.74, 6) is 0. The minimum atomic E-state index is -0.385. The summed E-state index contributed by atoms with van der Waals surface area (Å²) in [5, 5.41) is 19.7. The van der Waals surface area contributed by atoms with E-state index in [1.807, 2.05) is 6.07 Å². The molecule has 0 heterocycles. The molecule has 0 saturated heterocycles. The largest absolute Gasteiger partial charge is 0.396 e. The van der Waals surface area contributed by atoms with Gasteiger partial charge in [-0.15, -0.1) is 0 Å². The summed E-state index contributed by atoms with van der Waals surface area (Å²) >= 11 is 3.42. The average Bonchev–Trinajstić information content (AvgIpc) is 2.35. The first-order valence-corrected chi connectivity index (χ1v) is 7.69. The first kappa shape index (κ1) is 15.4. The number of hydrogen-bond donors (Lipinski definition) is 1. The molecular weight excluding hydrogens is 324 g/mol. The van der Waals surface area contributed by atoms with E-state index in [-0.39, 0.29) is 17.2 Å². The number of benzene rings is 1. The average molecular weight is 343 g/mol. The Morgan fingerprint density at radius 3 is 2.70 bits per heavy atom. The molecule has 1 saturated carbocycles. The minimum absolute atomic E-state index is 0.103. The van der Waals surface area contributed by atoms with Crippen molar-refractivity contribution in [3.63, 3.8) is 0 Å². The van der Waals surface area contributed by atoms with Crippen molar-refractivity contribution in [1.82, 2.24) is 4.90 Å². The molecule has 1 aromatic rings. The third-order valence-corrected chi connectivity index (χ3v) is 4.55. The van der Waals surface area contributed by atoms with Gasteiger partial charge in [-0.1, -0.05) is 22.4 Å². The molecule has 6 heteroatoms. The fourth-order valence-electron chi connectivity index (χ4n) is 2.41. The van der Waals surface area contributed by atoms with E-state index >= 15 is 0 Å². The number of nitrogens with zero attached hydrogens (tertiary/aromatic N) is 2. The van der Waals surface area contributed by atoms with E-state index < -0.39 is 0 Å². The highest BCUT2D eigenvalue weighted by molar-refractivity contribution is 9.10. The van der Waals surface area contributed by atoms with E-state index in [0.29, 0.717) is 6.04 Å². The van der Waals surface area contributed by atoms with Crippen LogP contribution in [0.2, 0.25) is 0 Å². The summed E-state index contributed by atoms with van der Waals surface area (Å²) < 4.78 is 0.778. The number of rotatable bonds is 7. The van der Waals surface area contributed by atoms with E-state index in [2.05, 4.69) is 20.8 Å². The maximum Gasteiger partial charge on any atom is 0.270 e. The lowest BCUT2D eigenvalue weighted by Crippen LogP contribution is -2.40. The summed E-state index contributed by atoms with van der Waals surface area (Å²) in [5.41, 5.74) is 1.16. The third-order valence-electron chi connectivity index (χ3n) is 3.82. The quantitative estimate of drug-likeness (QED) is 0.610. The van der Waals surface area contributed by atoms with Crippen LogP contribution in [-0.4, -0.2) is 34.1 Å². The standard InChI is InChI=1S/C14H19BrN2O3/c15-14-9-13(17(19)20)6-5-11(14)10-16(7-2-8-18)12-3-1-4-12/h5-6,9,12,18H,1-4,7-8,10H2. The van der Waals surface area contributed by atoms with Gasteiger partial charge in [-0.2, -0.15) is 0 Å². The molecule has 1 fully saturated rings. The van der Waals surface area contributed by atoms with Gasteiger partial charge in [0.05, 0.1) is 4.92 Å². The van der Waals surface area contributed by atoms with Crippen molar-refractivity contribution in [2.75, 3.05) is 13.2 Å². The molecule has 0 aromatic heterocycles. The van der Waals surface area contributed by atoms with Gasteiger partial charge in [0.2, 0.25) is 0 Å². The molecule has 0 spiro atoms. The van der Waals surface area contributed by atoms with E-state index in [9.17, 15) is 10.1 Å². The topological polar surface area (TPSA) is 66.6 Å². The second kappa shape index (κ2) is 7.15. The molecule has 5 nitrogen and oxygen atoms in total. The number of aliphatic hydroxyl groups excluding tert-OH is 1. The molecule has 2 rings (SSSR count). The van der Waals surface area contributed by atoms with Crippen molar-refractivity contribution in [1.29, 1.82) is 0 Å². The van der Waals surface area contributed by atoms with Crippen molar-refractivity contribution >= 4 is 21.6 Å². The molecule has 0 amide bonds. The zero-order valence-electron chi connectivity index (χ0n) is 11.3. The molecule has 110 valence electrons. The Kier molecular flexibility index (Phi) is 5.51. The van der Waals surface area contributed by atoms with Gasteiger partial charge in [0.15, 0.2) is 0 Å². The van der Waals surface area contributed by atoms with Crippen LogP contribution in [0.4, 0.5) is 5.69 Å². The molecule has 1 aliphatic carbocycles. The van der Waals surface area contributed by atoms with Crippen molar-refractivity contribution in [2.45, 2.75) is 38.3 Å². The van der Waals surface area contributed by atoms with Gasteiger partial charge in [0.25, 0.3) is 5.69 Å². The van der Waals surface area contributed by atoms with E-state index in [0.717, 1.165) is 29.5 Å². The SMILES string of the molecule is O=[N+]([O-])c1ccc(CN(CCCO)C2CCC2)c(Br)c1. The Morgan fingerprint density at radius 1 is 1.45 bits per heavy atom. The van der Waals surface area contributed by atoms with Crippen LogP contribution in [0.15, 0.2) is 22.7 Å². The number of halogens is 1. The third kappa shape index (κ3) is 3.77. The fraction of sp³-hybridized carbons (Fsp3) is 0.571. The molecular formula is C14H19BrN2O3. The molecule has 0 unspecified atom stereocenters. The highest BCUT2D eigenvalue weighted by Gasteiger charge is 2.25. The highest BCUT2D eigenvalue weighted by Crippen LogP contribution is 2.29.